The minimum Gasteiger partial charge on any atom is -0.465 e. The highest BCUT2D eigenvalue weighted by atomic mass is 16.5. The molecular formula is C26H50O4. The van der Waals surface area contributed by atoms with Crippen LogP contribution in [0.5, 0.6) is 0 Å². The van der Waals surface area contributed by atoms with Gasteiger partial charge in [0, 0.05) is 18.8 Å². The van der Waals surface area contributed by atoms with Gasteiger partial charge in [0.15, 0.2) is 0 Å². The summed E-state index contributed by atoms with van der Waals surface area (Å²) in [6.07, 6.45) is 15.8. The van der Waals surface area contributed by atoms with Crippen molar-refractivity contribution in [2.45, 2.75) is 131 Å². The van der Waals surface area contributed by atoms with Crippen molar-refractivity contribution in [1.29, 1.82) is 0 Å². The van der Waals surface area contributed by atoms with E-state index in [-0.39, 0.29) is 23.3 Å². The summed E-state index contributed by atoms with van der Waals surface area (Å²) < 4.78 is 11.0. The van der Waals surface area contributed by atoms with Gasteiger partial charge in [-0.2, -0.15) is 0 Å². The highest BCUT2D eigenvalue weighted by Gasteiger charge is 2.22. The van der Waals surface area contributed by atoms with E-state index in [0.717, 1.165) is 32.1 Å². The van der Waals surface area contributed by atoms with Crippen LogP contribution < -0.4 is 0 Å². The molecule has 0 saturated carbocycles. The van der Waals surface area contributed by atoms with Gasteiger partial charge in [-0.1, -0.05) is 98.8 Å². The Labute approximate surface area is 186 Å². The minimum atomic E-state index is -0.122. The summed E-state index contributed by atoms with van der Waals surface area (Å²) in [5.74, 6) is -0.183. The molecule has 0 aliphatic rings. The second kappa shape index (κ2) is 18.7. The highest BCUT2D eigenvalue weighted by molar-refractivity contribution is 5.69. The second-order valence-electron chi connectivity index (χ2n) is 10.0. The zero-order valence-corrected chi connectivity index (χ0v) is 20.7. The van der Waals surface area contributed by atoms with E-state index in [1.54, 1.807) is 0 Å². The van der Waals surface area contributed by atoms with Gasteiger partial charge in [0.25, 0.3) is 0 Å². The van der Waals surface area contributed by atoms with Crippen LogP contribution in [0, 0.1) is 11.3 Å². The van der Waals surface area contributed by atoms with Gasteiger partial charge in [0.05, 0.1) is 13.2 Å². The quantitative estimate of drug-likeness (QED) is 0.157. The molecule has 0 aromatic heterocycles. The van der Waals surface area contributed by atoms with Crippen LogP contribution in [0.3, 0.4) is 0 Å². The van der Waals surface area contributed by atoms with Crippen LogP contribution in [0.15, 0.2) is 0 Å². The Morgan fingerprint density at radius 2 is 1.00 bits per heavy atom. The summed E-state index contributed by atoms with van der Waals surface area (Å²) in [5, 5.41) is 0. The Kier molecular flexibility index (Phi) is 18.0. The largest absolute Gasteiger partial charge is 0.465 e. The normalized spacial score (nSPS) is 11.7. The second-order valence-corrected chi connectivity index (χ2v) is 10.0. The number of ether oxygens (including phenoxy) is 2. The molecule has 0 aliphatic heterocycles. The molecular weight excluding hydrogens is 376 g/mol. The maximum Gasteiger partial charge on any atom is 0.305 e. The predicted octanol–water partition coefficient (Wildman–Crippen LogP) is 7.63. The minimum absolute atomic E-state index is 0.0620. The van der Waals surface area contributed by atoms with Crippen molar-refractivity contribution >= 4 is 11.9 Å². The van der Waals surface area contributed by atoms with Gasteiger partial charge in [0.1, 0.15) is 0 Å². The average Bonchev–Trinajstić information content (AvgIpc) is 2.68. The van der Waals surface area contributed by atoms with Crippen LogP contribution in [-0.4, -0.2) is 25.2 Å². The summed E-state index contributed by atoms with van der Waals surface area (Å²) in [7, 11) is 0. The van der Waals surface area contributed by atoms with Crippen LogP contribution in [0.1, 0.15) is 131 Å². The van der Waals surface area contributed by atoms with Gasteiger partial charge in [-0.3, -0.25) is 9.59 Å². The molecule has 0 radical (unpaired) electrons. The molecule has 0 saturated heterocycles. The fourth-order valence-electron chi connectivity index (χ4n) is 3.70. The van der Waals surface area contributed by atoms with E-state index in [9.17, 15) is 9.59 Å². The van der Waals surface area contributed by atoms with Crippen molar-refractivity contribution in [3.63, 3.8) is 0 Å². The maximum absolute atomic E-state index is 12.1. The van der Waals surface area contributed by atoms with E-state index < -0.39 is 0 Å². The Morgan fingerprint density at radius 3 is 1.37 bits per heavy atom. The SMILES string of the molecule is CCCCCCCCC(=O)OCC(COC(=O)CCCCCCCC)CC(C)(C)C. The summed E-state index contributed by atoms with van der Waals surface area (Å²) >= 11 is 0. The molecule has 0 aromatic carbocycles. The Morgan fingerprint density at radius 1 is 0.633 bits per heavy atom. The fourth-order valence-corrected chi connectivity index (χ4v) is 3.70. The maximum atomic E-state index is 12.1. The number of hydrogen-bond acceptors (Lipinski definition) is 4. The molecule has 0 fully saturated rings. The molecule has 0 unspecified atom stereocenters. The van der Waals surface area contributed by atoms with E-state index in [4.69, 9.17) is 9.47 Å². The highest BCUT2D eigenvalue weighted by Crippen LogP contribution is 2.25. The summed E-state index contributed by atoms with van der Waals surface area (Å²) in [6, 6.07) is 0. The van der Waals surface area contributed by atoms with Gasteiger partial charge in [0.2, 0.25) is 0 Å². The summed E-state index contributed by atoms with van der Waals surface area (Å²) in [4.78, 5) is 24.1. The number of esters is 2. The molecule has 0 N–H and O–H groups in total. The van der Waals surface area contributed by atoms with E-state index in [1.165, 1.54) is 51.4 Å². The first-order chi connectivity index (χ1) is 14.3. The lowest BCUT2D eigenvalue weighted by Gasteiger charge is -2.25. The first-order valence-corrected chi connectivity index (χ1v) is 12.6. The Balaban J connectivity index is 4.10. The first kappa shape index (κ1) is 28.9. The monoisotopic (exact) mass is 426 g/mol. The molecule has 4 heteroatoms. The van der Waals surface area contributed by atoms with E-state index in [1.807, 2.05) is 0 Å². The topological polar surface area (TPSA) is 52.6 Å². The molecule has 178 valence electrons. The van der Waals surface area contributed by atoms with Crippen molar-refractivity contribution in [2.75, 3.05) is 13.2 Å². The molecule has 0 aliphatic carbocycles. The number of carbonyl (C=O) groups excluding carboxylic acids is 2. The van der Waals surface area contributed by atoms with Crippen LogP contribution in [0.25, 0.3) is 0 Å². The molecule has 0 spiro atoms. The van der Waals surface area contributed by atoms with Gasteiger partial charge in [-0.25, -0.2) is 0 Å². The van der Waals surface area contributed by atoms with Gasteiger partial charge in [-0.05, 0) is 24.7 Å². The smallest absolute Gasteiger partial charge is 0.305 e. The average molecular weight is 427 g/mol. The number of unbranched alkanes of at least 4 members (excludes halogenated alkanes) is 10. The molecule has 4 nitrogen and oxygen atoms in total. The Bertz CT molecular complexity index is 393. The van der Waals surface area contributed by atoms with E-state index in [0.29, 0.717) is 26.1 Å². The van der Waals surface area contributed by atoms with Crippen LogP contribution in [-0.2, 0) is 19.1 Å². The lowest BCUT2D eigenvalue weighted by atomic mass is 9.85. The van der Waals surface area contributed by atoms with E-state index in [2.05, 4.69) is 34.6 Å². The predicted molar refractivity (Wildman–Crippen MR) is 125 cm³/mol. The van der Waals surface area contributed by atoms with Crippen molar-refractivity contribution < 1.29 is 19.1 Å². The van der Waals surface area contributed by atoms with Crippen molar-refractivity contribution in [3.8, 4) is 0 Å². The third-order valence-corrected chi connectivity index (χ3v) is 5.33. The molecule has 0 atom stereocenters. The fraction of sp³-hybridized carbons (Fsp3) is 0.923. The number of carbonyl (C=O) groups is 2. The molecule has 30 heavy (non-hydrogen) atoms. The molecule has 0 aromatic rings. The lowest BCUT2D eigenvalue weighted by Crippen LogP contribution is -2.25. The Hall–Kier alpha value is -1.06. The van der Waals surface area contributed by atoms with Crippen LogP contribution in [0.4, 0.5) is 0 Å². The summed E-state index contributed by atoms with van der Waals surface area (Å²) in [5.41, 5.74) is 0.0992. The lowest BCUT2D eigenvalue weighted by molar-refractivity contribution is -0.149. The van der Waals surface area contributed by atoms with E-state index >= 15 is 0 Å². The first-order valence-electron chi connectivity index (χ1n) is 12.6. The number of rotatable bonds is 19. The third kappa shape index (κ3) is 20.2. The molecule has 0 amide bonds. The zero-order chi connectivity index (χ0) is 22.7. The van der Waals surface area contributed by atoms with Crippen molar-refractivity contribution in [3.05, 3.63) is 0 Å². The van der Waals surface area contributed by atoms with Crippen LogP contribution >= 0.6 is 0 Å². The van der Waals surface area contributed by atoms with Gasteiger partial charge < -0.3 is 9.47 Å². The summed E-state index contributed by atoms with van der Waals surface area (Å²) in [6.45, 7) is 11.6. The van der Waals surface area contributed by atoms with Crippen molar-refractivity contribution in [1.82, 2.24) is 0 Å². The molecule has 0 rings (SSSR count). The standard InChI is InChI=1S/C26H50O4/c1-6-8-10-12-14-16-18-24(27)29-21-23(20-26(3,4)5)22-30-25(28)19-17-15-13-11-9-7-2/h23H,6-22H2,1-5H3. The van der Waals surface area contributed by atoms with Crippen LogP contribution in [0.2, 0.25) is 0 Å². The van der Waals surface area contributed by atoms with Gasteiger partial charge >= 0.3 is 11.9 Å². The number of hydrogen-bond donors (Lipinski definition) is 0. The zero-order valence-electron chi connectivity index (χ0n) is 20.7. The molecule has 0 heterocycles. The molecule has 0 bridgehead atoms. The van der Waals surface area contributed by atoms with Gasteiger partial charge in [-0.15, -0.1) is 0 Å². The van der Waals surface area contributed by atoms with Crippen molar-refractivity contribution in [2.24, 2.45) is 11.3 Å². The third-order valence-electron chi connectivity index (χ3n) is 5.33.